The molecule has 0 saturated carbocycles. The van der Waals surface area contributed by atoms with Gasteiger partial charge in [-0.1, -0.05) is 252 Å². The minimum Gasteiger partial charge on any atom is -0.490 e. The molecule has 0 unspecified atom stereocenters. The Kier molecular flexibility index (Phi) is 45.1. The van der Waals surface area contributed by atoms with Gasteiger partial charge in [-0.05, 0) is 127 Å². The summed E-state index contributed by atoms with van der Waals surface area (Å²) in [7, 11) is 0. The Hall–Kier alpha value is -14.3. The molecule has 0 spiro atoms. The Bertz CT molecular complexity index is 4530. The van der Waals surface area contributed by atoms with Gasteiger partial charge in [0.05, 0.1) is 0 Å². The third-order valence-corrected chi connectivity index (χ3v) is 13.9. The van der Waals surface area contributed by atoms with Gasteiger partial charge in [0, 0.05) is 46.6 Å². The lowest BCUT2D eigenvalue weighted by molar-refractivity contribution is -0.141. The van der Waals surface area contributed by atoms with E-state index in [1.54, 1.807) is 20.8 Å². The average Bonchev–Trinajstić information content (AvgIpc) is 0.847. The fourth-order valence-electron chi connectivity index (χ4n) is 8.38. The molecular weight excluding hydrogens is 1430 g/mol. The van der Waals surface area contributed by atoms with E-state index in [-0.39, 0.29) is 56.9 Å². The summed E-state index contributed by atoms with van der Waals surface area (Å²) in [6, 6.07) is 89.5. The molecule has 0 aliphatic heterocycles. The molecular formula is C94H94O19. The number of rotatable bonds is 32. The fraction of sp³-hybridized carbons (Fsp3) is 0.138. The van der Waals surface area contributed by atoms with Gasteiger partial charge in [-0.2, -0.15) is 0 Å². The molecule has 0 atom stereocenters. The van der Waals surface area contributed by atoms with Crippen LogP contribution in [0.2, 0.25) is 0 Å². The summed E-state index contributed by atoms with van der Waals surface area (Å²) >= 11 is 0. The highest BCUT2D eigenvalue weighted by Crippen LogP contribution is 2.30. The molecule has 0 bridgehead atoms. The number of carbonyl (C=O) groups excluding carboxylic acids is 7. The molecule has 10 aromatic rings. The lowest BCUT2D eigenvalue weighted by Gasteiger charge is -2.11. The van der Waals surface area contributed by atoms with Crippen molar-refractivity contribution in [3.05, 3.63) is 394 Å². The molecule has 0 heterocycles. The predicted molar refractivity (Wildman–Crippen MR) is 437 cm³/mol. The molecule has 19 heteroatoms. The van der Waals surface area contributed by atoms with Gasteiger partial charge >= 0.3 is 41.8 Å². The van der Waals surface area contributed by atoms with Gasteiger partial charge in [0.1, 0.15) is 106 Å². The minimum absolute atomic E-state index is 0.202. The lowest BCUT2D eigenvalue weighted by atomic mass is 10.1. The van der Waals surface area contributed by atoms with Gasteiger partial charge < -0.3 is 56.8 Å². The molecule has 0 aliphatic carbocycles. The van der Waals surface area contributed by atoms with Crippen LogP contribution in [0.25, 0.3) is 11.1 Å². The van der Waals surface area contributed by atoms with Crippen LogP contribution in [0.3, 0.4) is 0 Å². The molecule has 0 N–H and O–H groups in total. The number of esters is 7. The monoisotopic (exact) mass is 1530 g/mol. The van der Waals surface area contributed by atoms with Crippen LogP contribution in [0.4, 0.5) is 0 Å². The normalized spacial score (nSPS) is 9.51. The fourth-order valence-corrected chi connectivity index (χ4v) is 8.38. The van der Waals surface area contributed by atoms with Crippen LogP contribution in [-0.2, 0) is 93.1 Å². The first-order valence-electron chi connectivity index (χ1n) is 35.3. The van der Waals surface area contributed by atoms with Crippen LogP contribution >= 0.6 is 0 Å². The second-order valence-corrected chi connectivity index (χ2v) is 23.1. The summed E-state index contributed by atoms with van der Waals surface area (Å²) < 4.78 is 62.0. The van der Waals surface area contributed by atoms with Crippen LogP contribution in [0.5, 0.6) is 40.2 Å². The predicted octanol–water partition coefficient (Wildman–Crippen LogP) is 19.5. The van der Waals surface area contributed by atoms with Crippen molar-refractivity contribution in [2.75, 3.05) is 39.6 Å². The van der Waals surface area contributed by atoms with Gasteiger partial charge in [0.15, 0.2) is 0 Å². The maximum atomic E-state index is 11.3. The molecule has 0 aliphatic rings. The van der Waals surface area contributed by atoms with Gasteiger partial charge in [0.2, 0.25) is 0 Å². The first kappa shape index (κ1) is 91.1. The Morgan fingerprint density at radius 2 is 0.540 bits per heavy atom. The highest BCUT2D eigenvalue weighted by Gasteiger charge is 2.10. The Labute approximate surface area is 661 Å². The van der Waals surface area contributed by atoms with Crippen LogP contribution in [0, 0.1) is 0 Å². The molecule has 0 saturated heterocycles. The summed E-state index contributed by atoms with van der Waals surface area (Å²) in [6.07, 6.45) is 4.56. The van der Waals surface area contributed by atoms with Crippen molar-refractivity contribution in [1.29, 1.82) is 0 Å². The maximum absolute atomic E-state index is 11.3. The van der Waals surface area contributed by atoms with E-state index >= 15 is 0 Å². The minimum atomic E-state index is -0.440. The molecule has 10 aromatic carbocycles. The Morgan fingerprint density at radius 1 is 0.265 bits per heavy atom. The average molecular weight is 1530 g/mol. The molecule has 10 rings (SSSR count). The number of benzene rings is 10. The zero-order valence-corrected chi connectivity index (χ0v) is 63.7. The summed E-state index contributed by atoms with van der Waals surface area (Å²) in [5.74, 6) is 2.44. The van der Waals surface area contributed by atoms with Crippen molar-refractivity contribution in [2.45, 2.75) is 47.2 Å². The number of ether oxygens (including phenoxy) is 12. The van der Waals surface area contributed by atoms with Crippen LogP contribution in [0.15, 0.2) is 372 Å². The lowest BCUT2D eigenvalue weighted by Crippen LogP contribution is -2.12. The van der Waals surface area contributed by atoms with Crippen molar-refractivity contribution >= 4 is 41.8 Å². The second-order valence-electron chi connectivity index (χ2n) is 23.1. The Balaban J connectivity index is 0.000000280. The van der Waals surface area contributed by atoms with Crippen LogP contribution < -0.4 is 23.7 Å². The van der Waals surface area contributed by atoms with E-state index in [1.807, 2.05) is 285 Å². The molecule has 113 heavy (non-hydrogen) atoms. The van der Waals surface area contributed by atoms with Crippen LogP contribution in [-0.4, -0.2) is 81.4 Å². The first-order chi connectivity index (χ1) is 54.8. The van der Waals surface area contributed by atoms with Gasteiger partial charge in [-0.3, -0.25) is 0 Å². The van der Waals surface area contributed by atoms with E-state index in [2.05, 4.69) is 46.1 Å². The molecule has 19 nitrogen and oxygen atoms in total. The summed E-state index contributed by atoms with van der Waals surface area (Å²) in [5.41, 5.74) is 7.02. The number of hydrogen-bond acceptors (Lipinski definition) is 19. The highest BCUT2D eigenvalue weighted by atomic mass is 16.6. The largest absolute Gasteiger partial charge is 0.490 e. The highest BCUT2D eigenvalue weighted by molar-refractivity contribution is 5.88. The smallest absolute Gasteiger partial charge is 0.333 e. The first-order valence-corrected chi connectivity index (χ1v) is 35.3. The summed E-state index contributed by atoms with van der Waals surface area (Å²) in [4.78, 5) is 76.5. The van der Waals surface area contributed by atoms with Crippen molar-refractivity contribution in [3.8, 4) is 51.4 Å². The molecule has 0 radical (unpaired) electrons. The standard InChI is InChI=1S/2C17H16O3.C16H14O3.C12H14O3.C11H12O3.C11H12O2.C10H10O2/c1-13(2)17(18)19-12-14-7-6-10-16(11-14)20-15-8-4-3-5-9-15;1-2-17(18)20-13-12-19-16-11-7-6-10-15(16)14-8-4-3-5-9-14;1-2-16(17)18-12-13-7-6-10-15(11-13)19-14-8-4-3-5-9-14;1-10(2)12(13)15-9-8-14-11-6-4-3-5-7-11;1-2-11(12)14-9-8-13-10-6-4-3-5-7-10;1-9(2)11(12)13-8-10-6-4-3-5-7-10;1-2-10(11)12-8-9-6-4-3-5-7-9/h3-11H,1,12H2,2H3;2-11H,1,12-13H2;2-11H,1,12H2;3-7H,1,8-9H2,2H3;2-7H,1,8-9H2;3-7H,1,8H2,2H3;2-7H,1,8H2. The summed E-state index contributed by atoms with van der Waals surface area (Å²) in [6.45, 7) is 31.4. The number of para-hydroxylation sites is 5. The van der Waals surface area contributed by atoms with Crippen molar-refractivity contribution in [1.82, 2.24) is 0 Å². The van der Waals surface area contributed by atoms with Crippen molar-refractivity contribution in [2.24, 2.45) is 0 Å². The van der Waals surface area contributed by atoms with Crippen molar-refractivity contribution in [3.63, 3.8) is 0 Å². The van der Waals surface area contributed by atoms with Crippen LogP contribution in [0.1, 0.15) is 43.0 Å². The maximum Gasteiger partial charge on any atom is 0.333 e. The summed E-state index contributed by atoms with van der Waals surface area (Å²) in [5, 5.41) is 0. The zero-order chi connectivity index (χ0) is 81.9. The number of carbonyl (C=O) groups is 7. The Morgan fingerprint density at radius 3 is 0.920 bits per heavy atom. The van der Waals surface area contributed by atoms with Gasteiger partial charge in [-0.25, -0.2) is 33.6 Å². The SMILES string of the molecule is C=C(C)C(=O)OCCOc1ccccc1.C=C(C)C(=O)OCc1cccc(Oc2ccccc2)c1.C=C(C)C(=O)OCc1ccccc1.C=CC(=O)OCCOc1ccccc1.C=CC(=O)OCCOc1ccccc1-c1ccccc1.C=CC(=O)OCc1cccc(Oc2ccccc2)c1.C=CC(=O)OCc1ccccc1. The van der Waals surface area contributed by atoms with E-state index in [0.29, 0.717) is 61.3 Å². The molecule has 0 aromatic heterocycles. The number of hydrogen-bond donors (Lipinski definition) is 0. The third kappa shape index (κ3) is 42.1. The third-order valence-electron chi connectivity index (χ3n) is 13.9. The van der Waals surface area contributed by atoms with E-state index < -0.39 is 17.9 Å². The quantitative estimate of drug-likeness (QED) is 0.0165. The van der Waals surface area contributed by atoms with E-state index in [4.69, 9.17) is 56.8 Å². The van der Waals surface area contributed by atoms with Gasteiger partial charge in [-0.15, -0.1) is 0 Å². The van der Waals surface area contributed by atoms with E-state index in [1.165, 1.54) is 0 Å². The molecule has 0 fully saturated rings. The van der Waals surface area contributed by atoms with E-state index in [9.17, 15) is 33.6 Å². The molecule has 584 valence electrons. The van der Waals surface area contributed by atoms with E-state index in [0.717, 1.165) is 86.4 Å². The zero-order valence-electron chi connectivity index (χ0n) is 63.7. The van der Waals surface area contributed by atoms with Gasteiger partial charge in [0.25, 0.3) is 0 Å². The topological polar surface area (TPSA) is 230 Å². The second kappa shape index (κ2) is 56.0. The molecule has 0 amide bonds. The van der Waals surface area contributed by atoms with Crippen molar-refractivity contribution < 1.29 is 90.4 Å².